The smallest absolute Gasteiger partial charge is 0.306 e. The van der Waals surface area contributed by atoms with Crippen molar-refractivity contribution < 1.29 is 14.6 Å². The van der Waals surface area contributed by atoms with Crippen LogP contribution in [-0.2, 0) is 21.4 Å². The Balaban J connectivity index is 1.60. The zero-order valence-corrected chi connectivity index (χ0v) is 17.9. The van der Waals surface area contributed by atoms with Crippen LogP contribution in [0.3, 0.4) is 0 Å². The minimum absolute atomic E-state index is 0.0579. The molecule has 3 atom stereocenters. The highest BCUT2D eigenvalue weighted by Crippen LogP contribution is 2.52. The molecule has 4 rings (SSSR count). The number of esters is 1. The van der Waals surface area contributed by atoms with Crippen LogP contribution >= 0.6 is 0 Å². The van der Waals surface area contributed by atoms with Gasteiger partial charge in [0.1, 0.15) is 5.75 Å². The van der Waals surface area contributed by atoms with Crippen LogP contribution in [0.15, 0.2) is 54.6 Å². The molecule has 4 nitrogen and oxygen atoms in total. The quantitative estimate of drug-likeness (QED) is 0.676. The van der Waals surface area contributed by atoms with Crippen molar-refractivity contribution in [2.75, 3.05) is 19.7 Å². The molecule has 2 bridgehead atoms. The number of rotatable bonds is 7. The topological polar surface area (TPSA) is 49.8 Å². The molecular formula is C26H33NO3. The number of phenols is 1. The minimum atomic E-state index is -0.0937. The molecule has 1 heterocycles. The summed E-state index contributed by atoms with van der Waals surface area (Å²) in [7, 11) is 0. The second-order valence-electron chi connectivity index (χ2n) is 8.80. The molecule has 1 N–H and O–H groups in total. The average Bonchev–Trinajstić information content (AvgIpc) is 2.74. The van der Waals surface area contributed by atoms with Gasteiger partial charge in [0.15, 0.2) is 0 Å². The summed E-state index contributed by atoms with van der Waals surface area (Å²) in [6.07, 6.45) is 5.86. The summed E-state index contributed by atoms with van der Waals surface area (Å²) in [6, 6.07) is 18.7. The Morgan fingerprint density at radius 1 is 1.17 bits per heavy atom. The molecule has 0 spiro atoms. The number of fused-ring (bicyclic) bond motifs is 2. The van der Waals surface area contributed by atoms with Crippen LogP contribution in [-0.4, -0.2) is 41.7 Å². The molecule has 4 heteroatoms. The largest absolute Gasteiger partial charge is 0.508 e. The van der Waals surface area contributed by atoms with Gasteiger partial charge in [-0.1, -0.05) is 48.9 Å². The number of likely N-dealkylation sites (tertiary alicyclic amines) is 1. The van der Waals surface area contributed by atoms with Gasteiger partial charge in [0.25, 0.3) is 0 Å². The fourth-order valence-corrected chi connectivity index (χ4v) is 5.88. The molecule has 30 heavy (non-hydrogen) atoms. The van der Waals surface area contributed by atoms with E-state index < -0.39 is 0 Å². The van der Waals surface area contributed by atoms with Crippen molar-refractivity contribution in [3.63, 3.8) is 0 Å². The Hall–Kier alpha value is -2.33. The van der Waals surface area contributed by atoms with Crippen LogP contribution in [0.25, 0.3) is 0 Å². The van der Waals surface area contributed by atoms with Gasteiger partial charge in [-0.05, 0) is 68.3 Å². The number of piperidine rings is 1. The van der Waals surface area contributed by atoms with Gasteiger partial charge in [-0.2, -0.15) is 0 Å². The molecule has 1 saturated heterocycles. The number of nitrogens with zero attached hydrogens (tertiary/aromatic N) is 1. The maximum absolute atomic E-state index is 12.6. The third-order valence-corrected chi connectivity index (χ3v) is 7.25. The van der Waals surface area contributed by atoms with E-state index in [2.05, 4.69) is 41.3 Å². The van der Waals surface area contributed by atoms with Crippen molar-refractivity contribution in [3.8, 4) is 5.75 Å². The van der Waals surface area contributed by atoms with Crippen LogP contribution in [0.4, 0.5) is 0 Å². The summed E-state index contributed by atoms with van der Waals surface area (Å²) in [6.45, 7) is 4.35. The normalized spacial score (nSPS) is 26.3. The average molecular weight is 408 g/mol. The van der Waals surface area contributed by atoms with E-state index in [0.29, 0.717) is 24.8 Å². The lowest BCUT2D eigenvalue weighted by Gasteiger charge is -2.56. The van der Waals surface area contributed by atoms with Gasteiger partial charge in [-0.15, -0.1) is 0 Å². The molecule has 0 aromatic heterocycles. The number of carbonyl (C=O) groups excluding carboxylic acids is 1. The van der Waals surface area contributed by atoms with Gasteiger partial charge in [0.05, 0.1) is 13.0 Å². The van der Waals surface area contributed by atoms with E-state index in [-0.39, 0.29) is 17.3 Å². The Morgan fingerprint density at radius 3 is 2.77 bits per heavy atom. The SMILES string of the molecule is CCOC(=O)CC1C2CCCC1(c1cccc(O)c1)CCN2CCc1ccccc1. The summed E-state index contributed by atoms with van der Waals surface area (Å²) in [5.41, 5.74) is 2.49. The van der Waals surface area contributed by atoms with Crippen LogP contribution < -0.4 is 0 Å². The van der Waals surface area contributed by atoms with Gasteiger partial charge in [-0.25, -0.2) is 0 Å². The highest BCUT2D eigenvalue weighted by molar-refractivity contribution is 5.70. The lowest BCUT2D eigenvalue weighted by atomic mass is 9.56. The number of carbonyl (C=O) groups is 1. The summed E-state index contributed by atoms with van der Waals surface area (Å²) < 4.78 is 5.37. The number of hydrogen-bond acceptors (Lipinski definition) is 4. The van der Waals surface area contributed by atoms with Crippen LogP contribution in [0, 0.1) is 5.92 Å². The molecule has 0 radical (unpaired) electrons. The lowest BCUT2D eigenvalue weighted by Crippen LogP contribution is -2.59. The molecule has 2 aromatic carbocycles. The van der Waals surface area contributed by atoms with E-state index in [0.717, 1.165) is 45.2 Å². The Labute approximate surface area is 179 Å². The Bertz CT molecular complexity index is 852. The Morgan fingerprint density at radius 2 is 2.00 bits per heavy atom. The number of phenolic OH excluding ortho intramolecular Hbond substituents is 1. The van der Waals surface area contributed by atoms with Crippen LogP contribution in [0.2, 0.25) is 0 Å². The standard InChI is InChI=1S/C26H33NO3/c1-2-30-25(29)19-23-24-12-7-14-26(23,21-10-6-11-22(28)18-21)15-17-27(24)16-13-20-8-4-3-5-9-20/h3-6,8-11,18,23-24,28H,2,7,12-17,19H2,1H3. The first-order chi connectivity index (χ1) is 14.6. The zero-order chi connectivity index (χ0) is 21.0. The zero-order valence-electron chi connectivity index (χ0n) is 17.9. The molecule has 1 aliphatic heterocycles. The van der Waals surface area contributed by atoms with E-state index in [1.165, 1.54) is 11.1 Å². The van der Waals surface area contributed by atoms with Crippen molar-refractivity contribution in [1.82, 2.24) is 4.90 Å². The highest BCUT2D eigenvalue weighted by Gasteiger charge is 2.52. The molecule has 2 fully saturated rings. The summed E-state index contributed by atoms with van der Waals surface area (Å²) >= 11 is 0. The first-order valence-electron chi connectivity index (χ1n) is 11.4. The monoisotopic (exact) mass is 407 g/mol. The summed E-state index contributed by atoms with van der Waals surface area (Å²) in [5.74, 6) is 0.436. The van der Waals surface area contributed by atoms with E-state index in [1.54, 1.807) is 6.07 Å². The molecule has 160 valence electrons. The van der Waals surface area contributed by atoms with Crippen molar-refractivity contribution in [2.45, 2.75) is 56.9 Å². The fourth-order valence-electron chi connectivity index (χ4n) is 5.88. The van der Waals surface area contributed by atoms with E-state index in [1.807, 2.05) is 19.1 Å². The predicted octanol–water partition coefficient (Wildman–Crippen LogP) is 4.70. The van der Waals surface area contributed by atoms with E-state index in [4.69, 9.17) is 4.74 Å². The van der Waals surface area contributed by atoms with Gasteiger partial charge in [-0.3, -0.25) is 9.69 Å². The van der Waals surface area contributed by atoms with E-state index >= 15 is 0 Å². The fraction of sp³-hybridized carbons (Fsp3) is 0.500. The Kier molecular flexibility index (Phi) is 6.43. The number of aromatic hydroxyl groups is 1. The second kappa shape index (κ2) is 9.22. The summed E-state index contributed by atoms with van der Waals surface area (Å²) in [4.78, 5) is 15.2. The maximum atomic E-state index is 12.6. The molecule has 2 aliphatic rings. The first kappa shape index (κ1) is 20.9. The van der Waals surface area contributed by atoms with Crippen molar-refractivity contribution in [3.05, 3.63) is 65.7 Å². The van der Waals surface area contributed by atoms with Crippen molar-refractivity contribution in [2.24, 2.45) is 5.92 Å². The first-order valence-corrected chi connectivity index (χ1v) is 11.4. The van der Waals surface area contributed by atoms with Crippen molar-refractivity contribution in [1.29, 1.82) is 0 Å². The molecule has 1 aliphatic carbocycles. The van der Waals surface area contributed by atoms with Crippen LogP contribution in [0.5, 0.6) is 5.75 Å². The maximum Gasteiger partial charge on any atom is 0.306 e. The lowest BCUT2D eigenvalue weighted by molar-refractivity contribution is -0.147. The number of hydrogen-bond donors (Lipinski definition) is 1. The highest BCUT2D eigenvalue weighted by atomic mass is 16.5. The van der Waals surface area contributed by atoms with Gasteiger partial charge in [0, 0.05) is 18.0 Å². The van der Waals surface area contributed by atoms with Crippen molar-refractivity contribution >= 4 is 5.97 Å². The molecule has 0 amide bonds. The molecule has 3 unspecified atom stereocenters. The third-order valence-electron chi connectivity index (χ3n) is 7.25. The van der Waals surface area contributed by atoms with Gasteiger partial charge < -0.3 is 9.84 Å². The minimum Gasteiger partial charge on any atom is -0.508 e. The number of ether oxygens (including phenoxy) is 1. The second-order valence-corrected chi connectivity index (χ2v) is 8.80. The summed E-state index contributed by atoms with van der Waals surface area (Å²) in [5, 5.41) is 10.2. The predicted molar refractivity (Wildman–Crippen MR) is 118 cm³/mol. The van der Waals surface area contributed by atoms with Crippen LogP contribution in [0.1, 0.15) is 50.2 Å². The molecule has 2 aromatic rings. The van der Waals surface area contributed by atoms with Gasteiger partial charge in [0.2, 0.25) is 0 Å². The third kappa shape index (κ3) is 4.24. The molecular weight excluding hydrogens is 374 g/mol. The number of benzene rings is 2. The van der Waals surface area contributed by atoms with Gasteiger partial charge >= 0.3 is 5.97 Å². The molecule has 1 saturated carbocycles. The van der Waals surface area contributed by atoms with E-state index in [9.17, 15) is 9.90 Å².